The average molecular weight is 377 g/mol. The van der Waals surface area contributed by atoms with Crippen molar-refractivity contribution in [2.75, 3.05) is 13.2 Å². The standard InChI is InChI=1S/C23H23NO4/c25-21-19-8-4-5-9-20(19)22(26)24(21)14-16-10-12-17(13-11-16)15-28-23(27)18-6-2-1-3-7-18/h1-9,16-17H,10-15H2. The van der Waals surface area contributed by atoms with Gasteiger partial charge in [0, 0.05) is 6.54 Å². The Bertz CT molecular complexity index is 849. The number of ether oxygens (including phenoxy) is 1. The number of esters is 1. The molecular weight excluding hydrogens is 354 g/mol. The van der Waals surface area contributed by atoms with Gasteiger partial charge in [0.25, 0.3) is 11.8 Å². The molecule has 0 unspecified atom stereocenters. The minimum atomic E-state index is -0.284. The highest BCUT2D eigenvalue weighted by Gasteiger charge is 2.37. The molecule has 0 bridgehead atoms. The number of amides is 2. The molecule has 0 aromatic heterocycles. The Morgan fingerprint density at radius 3 is 1.96 bits per heavy atom. The maximum absolute atomic E-state index is 12.5. The van der Waals surface area contributed by atoms with E-state index in [1.54, 1.807) is 36.4 Å². The van der Waals surface area contributed by atoms with Gasteiger partial charge in [-0.15, -0.1) is 0 Å². The number of hydrogen-bond acceptors (Lipinski definition) is 4. The number of carbonyl (C=O) groups excluding carboxylic acids is 3. The highest BCUT2D eigenvalue weighted by molar-refractivity contribution is 6.21. The monoisotopic (exact) mass is 377 g/mol. The third kappa shape index (κ3) is 3.70. The number of nitrogens with zero attached hydrogens (tertiary/aromatic N) is 1. The van der Waals surface area contributed by atoms with Gasteiger partial charge in [-0.3, -0.25) is 14.5 Å². The molecule has 5 nitrogen and oxygen atoms in total. The molecule has 5 heteroatoms. The quantitative estimate of drug-likeness (QED) is 0.585. The molecule has 2 aromatic rings. The van der Waals surface area contributed by atoms with Crippen molar-refractivity contribution in [3.63, 3.8) is 0 Å². The van der Waals surface area contributed by atoms with E-state index in [1.807, 2.05) is 18.2 Å². The molecule has 2 aliphatic rings. The smallest absolute Gasteiger partial charge is 0.338 e. The van der Waals surface area contributed by atoms with E-state index in [2.05, 4.69) is 0 Å². The van der Waals surface area contributed by atoms with Gasteiger partial charge in [0.15, 0.2) is 0 Å². The lowest BCUT2D eigenvalue weighted by atomic mass is 9.82. The van der Waals surface area contributed by atoms with Crippen LogP contribution >= 0.6 is 0 Å². The summed E-state index contributed by atoms with van der Waals surface area (Å²) in [5.41, 5.74) is 1.59. The van der Waals surface area contributed by atoms with Crippen molar-refractivity contribution in [2.45, 2.75) is 25.7 Å². The second-order valence-electron chi connectivity index (χ2n) is 7.62. The molecule has 0 radical (unpaired) electrons. The lowest BCUT2D eigenvalue weighted by Gasteiger charge is -2.30. The third-order valence-electron chi connectivity index (χ3n) is 5.74. The van der Waals surface area contributed by atoms with E-state index in [0.29, 0.717) is 41.7 Å². The molecule has 1 aliphatic carbocycles. The molecule has 4 rings (SSSR count). The number of fused-ring (bicyclic) bond motifs is 1. The van der Waals surface area contributed by atoms with Crippen LogP contribution in [0.25, 0.3) is 0 Å². The predicted molar refractivity (Wildman–Crippen MR) is 104 cm³/mol. The van der Waals surface area contributed by atoms with E-state index in [1.165, 1.54) is 4.90 Å². The summed E-state index contributed by atoms with van der Waals surface area (Å²) in [7, 11) is 0. The van der Waals surface area contributed by atoms with E-state index < -0.39 is 0 Å². The van der Waals surface area contributed by atoms with Crippen LogP contribution in [-0.4, -0.2) is 35.8 Å². The van der Waals surface area contributed by atoms with Crippen molar-refractivity contribution in [1.29, 1.82) is 0 Å². The van der Waals surface area contributed by atoms with Crippen LogP contribution in [0.4, 0.5) is 0 Å². The van der Waals surface area contributed by atoms with Crippen LogP contribution in [0.3, 0.4) is 0 Å². The number of benzene rings is 2. The van der Waals surface area contributed by atoms with Gasteiger partial charge in [-0.25, -0.2) is 4.79 Å². The van der Waals surface area contributed by atoms with E-state index >= 15 is 0 Å². The fourth-order valence-electron chi connectivity index (χ4n) is 4.09. The molecule has 2 aromatic carbocycles. The van der Waals surface area contributed by atoms with E-state index in [-0.39, 0.29) is 17.8 Å². The van der Waals surface area contributed by atoms with Crippen LogP contribution in [0, 0.1) is 11.8 Å². The SMILES string of the molecule is O=C(OCC1CCC(CN2C(=O)c3ccccc3C2=O)CC1)c1ccccc1. The highest BCUT2D eigenvalue weighted by atomic mass is 16.5. The summed E-state index contributed by atoms with van der Waals surface area (Å²) in [5.74, 6) is 0.00200. The van der Waals surface area contributed by atoms with Crippen molar-refractivity contribution < 1.29 is 19.1 Å². The largest absolute Gasteiger partial charge is 0.462 e. The van der Waals surface area contributed by atoms with Gasteiger partial charge in [-0.05, 0) is 61.8 Å². The first-order valence-corrected chi connectivity index (χ1v) is 9.81. The first-order valence-electron chi connectivity index (χ1n) is 9.81. The number of carbonyl (C=O) groups is 3. The van der Waals surface area contributed by atoms with Crippen LogP contribution in [0.5, 0.6) is 0 Å². The van der Waals surface area contributed by atoms with Crippen LogP contribution in [0.15, 0.2) is 54.6 Å². The van der Waals surface area contributed by atoms with Gasteiger partial charge >= 0.3 is 5.97 Å². The molecule has 144 valence electrons. The summed E-state index contributed by atoms with van der Waals surface area (Å²) < 4.78 is 5.46. The molecule has 0 atom stereocenters. The Morgan fingerprint density at radius 1 is 0.821 bits per heavy atom. The minimum absolute atomic E-state index is 0.181. The molecule has 28 heavy (non-hydrogen) atoms. The molecule has 1 heterocycles. The van der Waals surface area contributed by atoms with Crippen LogP contribution in [-0.2, 0) is 4.74 Å². The summed E-state index contributed by atoms with van der Waals surface area (Å²) in [6, 6.07) is 16.0. The van der Waals surface area contributed by atoms with Gasteiger partial charge in [-0.1, -0.05) is 30.3 Å². The van der Waals surface area contributed by atoms with Crippen LogP contribution < -0.4 is 0 Å². The fraction of sp³-hybridized carbons (Fsp3) is 0.348. The summed E-state index contributed by atoms with van der Waals surface area (Å²) in [6.45, 7) is 0.899. The molecule has 0 N–H and O–H groups in total. The summed E-state index contributed by atoms with van der Waals surface area (Å²) >= 11 is 0. The first-order chi connectivity index (χ1) is 13.6. The predicted octanol–water partition coefficient (Wildman–Crippen LogP) is 3.95. The molecule has 1 fully saturated rings. The third-order valence-corrected chi connectivity index (χ3v) is 5.74. The Balaban J connectivity index is 1.26. The zero-order valence-corrected chi connectivity index (χ0v) is 15.7. The van der Waals surface area contributed by atoms with Gasteiger partial charge in [0.1, 0.15) is 0 Å². The second kappa shape index (κ2) is 7.97. The Kier molecular flexibility index (Phi) is 5.24. The topological polar surface area (TPSA) is 63.7 Å². The number of imide groups is 1. The molecule has 2 amide bonds. The first kappa shape index (κ1) is 18.4. The highest BCUT2D eigenvalue weighted by Crippen LogP contribution is 2.32. The molecule has 0 saturated heterocycles. The van der Waals surface area contributed by atoms with E-state index in [9.17, 15) is 14.4 Å². The Labute approximate surface area is 164 Å². The van der Waals surface area contributed by atoms with Crippen molar-refractivity contribution in [1.82, 2.24) is 4.90 Å². The number of hydrogen-bond donors (Lipinski definition) is 0. The van der Waals surface area contributed by atoms with Crippen LogP contribution in [0.1, 0.15) is 56.8 Å². The van der Waals surface area contributed by atoms with Gasteiger partial charge in [0.2, 0.25) is 0 Å². The minimum Gasteiger partial charge on any atom is -0.462 e. The maximum atomic E-state index is 12.5. The zero-order valence-electron chi connectivity index (χ0n) is 15.7. The summed E-state index contributed by atoms with van der Waals surface area (Å²) in [6.07, 6.45) is 3.74. The summed E-state index contributed by atoms with van der Waals surface area (Å²) in [4.78, 5) is 38.5. The van der Waals surface area contributed by atoms with E-state index in [0.717, 1.165) is 25.7 Å². The van der Waals surface area contributed by atoms with Crippen molar-refractivity contribution in [2.24, 2.45) is 11.8 Å². The van der Waals surface area contributed by atoms with Gasteiger partial charge in [-0.2, -0.15) is 0 Å². The van der Waals surface area contributed by atoms with E-state index in [4.69, 9.17) is 4.74 Å². The molecular formula is C23H23NO4. The second-order valence-corrected chi connectivity index (χ2v) is 7.62. The average Bonchev–Trinajstić information content (AvgIpc) is 2.99. The Hall–Kier alpha value is -2.95. The van der Waals surface area contributed by atoms with Gasteiger partial charge < -0.3 is 4.74 Å². The lowest BCUT2D eigenvalue weighted by molar-refractivity contribution is 0.0377. The molecule has 0 spiro atoms. The molecule has 1 saturated carbocycles. The normalized spacial score (nSPS) is 21.5. The summed E-state index contributed by atoms with van der Waals surface area (Å²) in [5, 5.41) is 0. The number of rotatable bonds is 5. The molecule has 1 aliphatic heterocycles. The van der Waals surface area contributed by atoms with Gasteiger partial charge in [0.05, 0.1) is 23.3 Å². The van der Waals surface area contributed by atoms with Crippen molar-refractivity contribution in [3.05, 3.63) is 71.3 Å². The maximum Gasteiger partial charge on any atom is 0.338 e. The zero-order chi connectivity index (χ0) is 19.5. The van der Waals surface area contributed by atoms with Crippen LogP contribution in [0.2, 0.25) is 0 Å². The van der Waals surface area contributed by atoms with Crippen molar-refractivity contribution in [3.8, 4) is 0 Å². The fourth-order valence-corrected chi connectivity index (χ4v) is 4.09. The van der Waals surface area contributed by atoms with Crippen molar-refractivity contribution >= 4 is 17.8 Å². The lowest BCUT2D eigenvalue weighted by Crippen LogP contribution is -2.36. The Morgan fingerprint density at radius 2 is 1.36 bits per heavy atom.